The average Bonchev–Trinajstić information content (AvgIpc) is 2.99. The standard InChI is InChI=1S/C10H15N5O2S2/c1-14(4-2-5-15-6-3-12-8-15)10-13-7-9(18-10)19(11,16)17/h3,6-8H,2,4-5H2,1H3,(H2,11,16,17). The number of aromatic nitrogens is 3. The van der Waals surface area contributed by atoms with Crippen LogP contribution >= 0.6 is 11.3 Å². The molecule has 0 unspecified atom stereocenters. The molecule has 0 saturated heterocycles. The lowest BCUT2D eigenvalue weighted by molar-refractivity contribution is 0.599. The number of hydrogen-bond acceptors (Lipinski definition) is 6. The summed E-state index contributed by atoms with van der Waals surface area (Å²) in [6, 6.07) is 0. The van der Waals surface area contributed by atoms with Crippen LogP contribution in [-0.4, -0.2) is 36.5 Å². The minimum atomic E-state index is -3.65. The molecule has 2 heterocycles. The molecule has 104 valence electrons. The van der Waals surface area contributed by atoms with E-state index in [2.05, 4.69) is 9.97 Å². The maximum absolute atomic E-state index is 11.2. The molecular weight excluding hydrogens is 286 g/mol. The summed E-state index contributed by atoms with van der Waals surface area (Å²) in [7, 11) is -1.78. The molecule has 0 spiro atoms. The minimum absolute atomic E-state index is 0.0870. The fourth-order valence-corrected chi connectivity index (χ4v) is 3.09. The number of imidazole rings is 1. The first kappa shape index (κ1) is 14.0. The molecule has 0 radical (unpaired) electrons. The van der Waals surface area contributed by atoms with Gasteiger partial charge in [0, 0.05) is 32.5 Å². The Bertz CT molecular complexity index is 620. The molecule has 0 aromatic carbocycles. The summed E-state index contributed by atoms with van der Waals surface area (Å²) in [4.78, 5) is 9.94. The molecule has 2 aromatic rings. The van der Waals surface area contributed by atoms with Crippen molar-refractivity contribution in [3.63, 3.8) is 0 Å². The molecule has 0 fully saturated rings. The van der Waals surface area contributed by atoms with Crippen LogP contribution in [0.3, 0.4) is 0 Å². The van der Waals surface area contributed by atoms with Crippen molar-refractivity contribution >= 4 is 26.5 Å². The highest BCUT2D eigenvalue weighted by Crippen LogP contribution is 2.24. The Kier molecular flexibility index (Phi) is 4.17. The average molecular weight is 301 g/mol. The summed E-state index contributed by atoms with van der Waals surface area (Å²) in [5, 5.41) is 5.70. The van der Waals surface area contributed by atoms with Gasteiger partial charge in [-0.3, -0.25) is 0 Å². The van der Waals surface area contributed by atoms with Crippen molar-refractivity contribution in [1.82, 2.24) is 14.5 Å². The number of rotatable bonds is 6. The van der Waals surface area contributed by atoms with E-state index in [-0.39, 0.29) is 4.21 Å². The summed E-state index contributed by atoms with van der Waals surface area (Å²) in [5.41, 5.74) is 0. The van der Waals surface area contributed by atoms with Crippen molar-refractivity contribution in [2.24, 2.45) is 5.14 Å². The summed E-state index contributed by atoms with van der Waals surface area (Å²) in [5.74, 6) is 0. The van der Waals surface area contributed by atoms with Gasteiger partial charge in [-0.05, 0) is 6.42 Å². The van der Waals surface area contributed by atoms with Crippen LogP contribution in [0.15, 0.2) is 29.1 Å². The third-order valence-electron chi connectivity index (χ3n) is 2.55. The molecule has 0 aliphatic heterocycles. The van der Waals surface area contributed by atoms with Gasteiger partial charge < -0.3 is 9.47 Å². The van der Waals surface area contributed by atoms with Crippen molar-refractivity contribution in [1.29, 1.82) is 0 Å². The monoisotopic (exact) mass is 301 g/mol. The van der Waals surface area contributed by atoms with Crippen LogP contribution < -0.4 is 10.0 Å². The van der Waals surface area contributed by atoms with Crippen LogP contribution in [0.25, 0.3) is 0 Å². The van der Waals surface area contributed by atoms with Gasteiger partial charge in [-0.2, -0.15) is 0 Å². The number of primary sulfonamides is 1. The van der Waals surface area contributed by atoms with Crippen molar-refractivity contribution < 1.29 is 8.42 Å². The summed E-state index contributed by atoms with van der Waals surface area (Å²) in [6.07, 6.45) is 7.62. The van der Waals surface area contributed by atoms with Crippen LogP contribution in [0.5, 0.6) is 0 Å². The zero-order valence-corrected chi connectivity index (χ0v) is 12.1. The van der Waals surface area contributed by atoms with E-state index in [0.717, 1.165) is 30.8 Å². The quantitative estimate of drug-likeness (QED) is 0.839. The van der Waals surface area contributed by atoms with E-state index in [9.17, 15) is 8.42 Å². The van der Waals surface area contributed by atoms with E-state index in [1.165, 1.54) is 6.20 Å². The maximum Gasteiger partial charge on any atom is 0.249 e. The summed E-state index contributed by atoms with van der Waals surface area (Å²) in [6.45, 7) is 1.63. The molecule has 0 bridgehead atoms. The Morgan fingerprint density at radius 1 is 1.53 bits per heavy atom. The second-order valence-corrected chi connectivity index (χ2v) is 6.88. The van der Waals surface area contributed by atoms with Gasteiger partial charge in [-0.1, -0.05) is 11.3 Å². The molecule has 0 aliphatic rings. The fourth-order valence-electron chi connectivity index (χ4n) is 1.56. The van der Waals surface area contributed by atoms with E-state index in [0.29, 0.717) is 5.13 Å². The van der Waals surface area contributed by atoms with Crippen LogP contribution in [-0.2, 0) is 16.6 Å². The Hall–Kier alpha value is -1.45. The highest BCUT2D eigenvalue weighted by Gasteiger charge is 2.14. The first-order chi connectivity index (χ1) is 8.97. The van der Waals surface area contributed by atoms with Crippen LogP contribution in [0.1, 0.15) is 6.42 Å². The van der Waals surface area contributed by atoms with Gasteiger partial charge >= 0.3 is 0 Å². The van der Waals surface area contributed by atoms with E-state index in [4.69, 9.17) is 5.14 Å². The third-order valence-corrected chi connectivity index (χ3v) is 5.07. The van der Waals surface area contributed by atoms with E-state index in [1.54, 1.807) is 12.5 Å². The molecule has 9 heteroatoms. The van der Waals surface area contributed by atoms with E-state index >= 15 is 0 Å². The van der Waals surface area contributed by atoms with Crippen molar-refractivity contribution in [3.05, 3.63) is 24.9 Å². The molecule has 0 amide bonds. The predicted octanol–water partition coefficient (Wildman–Crippen LogP) is 0.513. The van der Waals surface area contributed by atoms with Crippen LogP contribution in [0.2, 0.25) is 0 Å². The number of anilines is 1. The highest BCUT2D eigenvalue weighted by molar-refractivity contribution is 7.91. The van der Waals surface area contributed by atoms with Crippen molar-refractivity contribution in [2.75, 3.05) is 18.5 Å². The zero-order valence-electron chi connectivity index (χ0n) is 10.4. The number of thiazole rings is 1. The van der Waals surface area contributed by atoms with Gasteiger partial charge in [-0.15, -0.1) is 0 Å². The summed E-state index contributed by atoms with van der Waals surface area (Å²) >= 11 is 1.08. The molecule has 0 saturated carbocycles. The normalized spacial score (nSPS) is 11.7. The number of nitrogens with zero attached hydrogens (tertiary/aromatic N) is 4. The van der Waals surface area contributed by atoms with Gasteiger partial charge in [0.2, 0.25) is 10.0 Å². The lowest BCUT2D eigenvalue weighted by atomic mass is 10.4. The maximum atomic E-state index is 11.2. The Balaban J connectivity index is 1.89. The number of aryl methyl sites for hydroxylation is 1. The van der Waals surface area contributed by atoms with Gasteiger partial charge in [0.05, 0.1) is 12.5 Å². The van der Waals surface area contributed by atoms with E-state index < -0.39 is 10.0 Å². The highest BCUT2D eigenvalue weighted by atomic mass is 32.2. The van der Waals surface area contributed by atoms with Gasteiger partial charge in [0.15, 0.2) is 9.34 Å². The molecular formula is C10H15N5O2S2. The SMILES string of the molecule is CN(CCCn1ccnc1)c1ncc(S(N)(=O)=O)s1. The molecule has 19 heavy (non-hydrogen) atoms. The van der Waals surface area contributed by atoms with Crippen LogP contribution in [0.4, 0.5) is 5.13 Å². The van der Waals surface area contributed by atoms with E-state index in [1.807, 2.05) is 22.7 Å². The van der Waals surface area contributed by atoms with Crippen molar-refractivity contribution in [3.8, 4) is 0 Å². The Morgan fingerprint density at radius 3 is 2.89 bits per heavy atom. The number of hydrogen-bond donors (Lipinski definition) is 1. The zero-order chi connectivity index (χ0) is 13.9. The third kappa shape index (κ3) is 3.75. The topological polar surface area (TPSA) is 94.1 Å². The molecule has 0 atom stereocenters. The second kappa shape index (κ2) is 5.68. The Morgan fingerprint density at radius 2 is 2.32 bits per heavy atom. The molecule has 7 nitrogen and oxygen atoms in total. The minimum Gasteiger partial charge on any atom is -0.351 e. The molecule has 2 N–H and O–H groups in total. The van der Waals surface area contributed by atoms with Crippen LogP contribution in [0, 0.1) is 0 Å². The second-order valence-electron chi connectivity index (χ2n) is 4.08. The largest absolute Gasteiger partial charge is 0.351 e. The summed E-state index contributed by atoms with van der Waals surface area (Å²) < 4.78 is 24.4. The number of sulfonamides is 1. The Labute approximate surface area is 115 Å². The molecule has 2 rings (SSSR count). The fraction of sp³-hybridized carbons (Fsp3) is 0.400. The lowest BCUT2D eigenvalue weighted by Gasteiger charge is -2.15. The predicted molar refractivity (Wildman–Crippen MR) is 73.6 cm³/mol. The molecule has 2 aromatic heterocycles. The first-order valence-electron chi connectivity index (χ1n) is 5.62. The van der Waals surface area contributed by atoms with Gasteiger partial charge in [0.1, 0.15) is 0 Å². The van der Waals surface area contributed by atoms with Gasteiger partial charge in [-0.25, -0.2) is 23.5 Å². The first-order valence-corrected chi connectivity index (χ1v) is 7.98. The molecule has 0 aliphatic carbocycles. The number of nitrogens with two attached hydrogens (primary N) is 1. The lowest BCUT2D eigenvalue weighted by Crippen LogP contribution is -2.19. The van der Waals surface area contributed by atoms with Crippen molar-refractivity contribution in [2.45, 2.75) is 17.2 Å². The van der Waals surface area contributed by atoms with Gasteiger partial charge in [0.25, 0.3) is 0 Å². The smallest absolute Gasteiger partial charge is 0.249 e.